The van der Waals surface area contributed by atoms with Crippen molar-refractivity contribution in [1.29, 1.82) is 0 Å². The largest absolute Gasteiger partial charge is 0.481 e. The Labute approximate surface area is 300 Å². The summed E-state index contributed by atoms with van der Waals surface area (Å²) in [7, 11) is 0. The second-order valence-corrected chi connectivity index (χ2v) is 13.9. The summed E-state index contributed by atoms with van der Waals surface area (Å²) in [5.74, 6) is -2.13. The first-order valence-corrected chi connectivity index (χ1v) is 18.9. The van der Waals surface area contributed by atoms with Gasteiger partial charge in [-0.05, 0) is 102 Å². The Bertz CT molecular complexity index is 1860. The summed E-state index contributed by atoms with van der Waals surface area (Å²) >= 11 is -1.72. The summed E-state index contributed by atoms with van der Waals surface area (Å²) in [6.07, 6.45) is 6.91. The van der Waals surface area contributed by atoms with Crippen LogP contribution in [-0.4, -0.2) is 38.1 Å². The summed E-state index contributed by atoms with van der Waals surface area (Å²) in [5, 5.41) is 14.5. The standard InChI is InChI=1S/C40H37F2IN2O5/c1-43-40(41,42)50-34-12-7-11-32(25-34)35-13-6-5-10-33(35)26-45-39(49)36(30-20-18-29(19-21-30)28-8-3-2-4-9-28)24-27-14-16-31(17-15-27)38(48)44-23-22-37(46)47/h5,7-8,10-12,14-21,25,36H,1-4,9,22-24,26H2,(H,44,48)(H,45,49)(H,46,47). The van der Waals surface area contributed by atoms with Gasteiger partial charge in [-0.15, -0.1) is 0 Å². The van der Waals surface area contributed by atoms with E-state index in [0.29, 0.717) is 23.1 Å². The van der Waals surface area contributed by atoms with Gasteiger partial charge < -0.3 is 20.5 Å². The predicted molar refractivity (Wildman–Crippen MR) is 198 cm³/mol. The van der Waals surface area contributed by atoms with Gasteiger partial charge in [-0.25, -0.2) is 0 Å². The van der Waals surface area contributed by atoms with E-state index in [1.54, 1.807) is 48.5 Å². The molecular weight excluding hydrogens is 753 g/mol. The molecule has 0 spiro atoms. The molecule has 0 saturated carbocycles. The zero-order chi connectivity index (χ0) is 35.5. The third-order valence-corrected chi connectivity index (χ3v) is 9.53. The Kier molecular flexibility index (Phi) is 12.5. The Morgan fingerprint density at radius 3 is 2.46 bits per heavy atom. The number of carbonyl (C=O) groups is 3. The second-order valence-electron chi connectivity index (χ2n) is 11.9. The minimum Gasteiger partial charge on any atom is -0.481 e. The molecule has 1 unspecified atom stereocenters. The van der Waals surface area contributed by atoms with Crippen molar-refractivity contribution in [2.75, 3.05) is 6.54 Å². The molecule has 10 heteroatoms. The second kappa shape index (κ2) is 17.2. The van der Waals surface area contributed by atoms with Crippen molar-refractivity contribution in [3.63, 3.8) is 0 Å². The van der Waals surface area contributed by atoms with Crippen LogP contribution in [-0.2, 0) is 22.6 Å². The quantitative estimate of drug-likeness (QED) is 0.0835. The average molecular weight is 791 g/mol. The number of halogens is 3. The number of aliphatic carboxylic acids is 1. The number of carbonyl (C=O) groups excluding carboxylic acids is 2. The molecule has 3 N–H and O–H groups in total. The van der Waals surface area contributed by atoms with Crippen LogP contribution in [0.2, 0.25) is 0 Å². The van der Waals surface area contributed by atoms with Crippen molar-refractivity contribution in [3.05, 3.63) is 131 Å². The fraction of sp³-hybridized carbons (Fsp3) is 0.250. The zero-order valence-corrected chi connectivity index (χ0v) is 29.5. The maximum Gasteiger partial charge on any atom is 0.445 e. The summed E-state index contributed by atoms with van der Waals surface area (Å²) in [6, 6.07) is 30.8. The van der Waals surface area contributed by atoms with Gasteiger partial charge in [0.15, 0.2) is 0 Å². The fourth-order valence-corrected chi connectivity index (χ4v) is 6.22. The van der Waals surface area contributed by atoms with E-state index < -0.39 is 36.7 Å². The Balaban J connectivity index is 1.35. The van der Waals surface area contributed by atoms with Crippen LogP contribution in [0.1, 0.15) is 70.6 Å². The molecule has 4 aromatic rings. The smallest absolute Gasteiger partial charge is 0.445 e. The van der Waals surface area contributed by atoms with Crippen molar-refractivity contribution in [2.24, 2.45) is 0 Å². The van der Waals surface area contributed by atoms with Gasteiger partial charge in [0.05, 0.1) is 12.3 Å². The lowest BCUT2D eigenvalue weighted by Crippen LogP contribution is -2.30. The van der Waals surface area contributed by atoms with Gasteiger partial charge >= 0.3 is 10.1 Å². The SMILES string of the molecule is C=IC(F)(F)Oc1cccc(-c2c#cccc2CNC(=O)C(Cc2ccc(C(=O)NCCC(=O)O)cc2)c2ccc(C3=CCCCC3)cc2)c1. The Morgan fingerprint density at radius 1 is 0.980 bits per heavy atom. The van der Waals surface area contributed by atoms with Crippen molar-refractivity contribution in [2.45, 2.75) is 55.1 Å². The number of alkyl halides is 3. The molecule has 4 aromatic carbocycles. The van der Waals surface area contributed by atoms with Crippen molar-refractivity contribution in [1.82, 2.24) is 10.6 Å². The minimum atomic E-state index is -3.30. The first-order valence-electron chi connectivity index (χ1n) is 16.3. The highest BCUT2D eigenvalue weighted by atomic mass is 127. The molecule has 1 aliphatic rings. The van der Waals surface area contributed by atoms with E-state index in [1.807, 2.05) is 12.1 Å². The van der Waals surface area contributed by atoms with Crippen LogP contribution in [0.3, 0.4) is 0 Å². The van der Waals surface area contributed by atoms with E-state index in [0.717, 1.165) is 41.5 Å². The number of carboxylic acid groups (broad SMARTS) is 1. The minimum absolute atomic E-state index is 0.0133. The van der Waals surface area contributed by atoms with E-state index in [-0.39, 0.29) is 37.1 Å². The van der Waals surface area contributed by atoms with Gasteiger partial charge in [-0.1, -0.05) is 71.3 Å². The monoisotopic (exact) mass is 790 g/mol. The third-order valence-electron chi connectivity index (χ3n) is 8.42. The van der Waals surface area contributed by atoms with E-state index in [9.17, 15) is 23.2 Å². The van der Waals surface area contributed by atoms with Crippen LogP contribution < -0.4 is 15.4 Å². The molecule has 5 rings (SSSR count). The highest BCUT2D eigenvalue weighted by Crippen LogP contribution is 2.34. The number of benzene rings is 3. The van der Waals surface area contributed by atoms with Crippen molar-refractivity contribution < 1.29 is 33.0 Å². The number of ether oxygens (including phenoxy) is 1. The molecule has 0 heterocycles. The van der Waals surface area contributed by atoms with Gasteiger partial charge in [0.25, 0.3) is 5.91 Å². The lowest BCUT2D eigenvalue weighted by atomic mass is 9.88. The number of hydrogen-bond donors (Lipinski definition) is 3. The molecule has 0 aromatic heterocycles. The molecule has 0 radical (unpaired) electrons. The number of nitrogens with one attached hydrogen (secondary N) is 2. The Hall–Kier alpha value is -4.89. The molecule has 258 valence electrons. The third kappa shape index (κ3) is 10.1. The van der Waals surface area contributed by atoms with Crippen LogP contribution >= 0.6 is 20.7 Å². The van der Waals surface area contributed by atoms with Gasteiger partial charge in [-0.2, -0.15) is 8.78 Å². The van der Waals surface area contributed by atoms with Crippen LogP contribution in [0.15, 0.2) is 91.0 Å². The molecule has 0 fully saturated rings. The maximum absolute atomic E-state index is 14.0. The van der Waals surface area contributed by atoms with E-state index in [1.165, 1.54) is 24.1 Å². The average Bonchev–Trinajstić information content (AvgIpc) is 3.13. The van der Waals surface area contributed by atoms with Crippen LogP contribution in [0.5, 0.6) is 5.75 Å². The van der Waals surface area contributed by atoms with Crippen molar-refractivity contribution in [3.8, 4) is 16.9 Å². The molecule has 7 nitrogen and oxygen atoms in total. The molecule has 50 heavy (non-hydrogen) atoms. The van der Waals surface area contributed by atoms with Gasteiger partial charge in [0, 0.05) is 44.9 Å². The summed E-state index contributed by atoms with van der Waals surface area (Å²) in [6.45, 7) is 0.179. The van der Waals surface area contributed by atoms with Crippen molar-refractivity contribution >= 4 is 48.6 Å². The number of amides is 2. The van der Waals surface area contributed by atoms with Gasteiger partial charge in [-0.3, -0.25) is 14.4 Å². The topological polar surface area (TPSA) is 105 Å². The summed E-state index contributed by atoms with van der Waals surface area (Å²) in [4.78, 5) is 37.3. The van der Waals surface area contributed by atoms with Crippen LogP contribution in [0.4, 0.5) is 8.78 Å². The molecule has 0 bridgehead atoms. The first-order chi connectivity index (χ1) is 24.1. The van der Waals surface area contributed by atoms with Gasteiger partial charge in [0.2, 0.25) is 5.91 Å². The van der Waals surface area contributed by atoms with Crippen LogP contribution in [0, 0.1) is 12.1 Å². The lowest BCUT2D eigenvalue weighted by Gasteiger charge is -2.20. The van der Waals surface area contributed by atoms with Gasteiger partial charge in [0.1, 0.15) is 5.75 Å². The molecular formula is C40H37F2IN2O5. The fourth-order valence-electron chi connectivity index (χ4n) is 5.81. The molecule has 0 saturated heterocycles. The number of carboxylic acids is 1. The molecule has 1 aliphatic carbocycles. The summed E-state index contributed by atoms with van der Waals surface area (Å²) < 4.78 is 32.8. The predicted octanol–water partition coefficient (Wildman–Crippen LogP) is 8.09. The Morgan fingerprint density at radius 2 is 1.76 bits per heavy atom. The highest BCUT2D eigenvalue weighted by Gasteiger charge is 2.28. The number of rotatable bonds is 15. The number of allylic oxidation sites excluding steroid dienone is 2. The van der Waals surface area contributed by atoms with E-state index in [4.69, 9.17) is 9.84 Å². The molecule has 1 atom stereocenters. The van der Waals surface area contributed by atoms with E-state index in [2.05, 4.69) is 45.5 Å². The van der Waals surface area contributed by atoms with E-state index >= 15 is 0 Å². The zero-order valence-electron chi connectivity index (χ0n) is 27.3. The molecule has 0 aliphatic heterocycles. The molecule has 2 amide bonds. The number of hydrogen-bond acceptors (Lipinski definition) is 4. The first kappa shape index (κ1) is 36.4. The highest BCUT2D eigenvalue weighted by molar-refractivity contribution is 14.2. The normalized spacial score (nSPS) is 13.4. The maximum atomic E-state index is 14.0. The lowest BCUT2D eigenvalue weighted by molar-refractivity contribution is -0.136. The summed E-state index contributed by atoms with van der Waals surface area (Å²) in [5.41, 5.74) is 6.45. The van der Waals surface area contributed by atoms with Crippen LogP contribution in [0.25, 0.3) is 16.7 Å².